The molecule has 0 saturated carbocycles. The SMILES string of the molecule is O=C(NCC1CCN(Cc2ccccc2)CC1)c1cc(Br)ccc1Cl. The van der Waals surface area contributed by atoms with Crippen LogP contribution in [0.4, 0.5) is 0 Å². The molecule has 0 unspecified atom stereocenters. The van der Waals surface area contributed by atoms with Gasteiger partial charge in [-0.05, 0) is 55.6 Å². The van der Waals surface area contributed by atoms with Gasteiger partial charge in [0.25, 0.3) is 5.91 Å². The Labute approximate surface area is 162 Å². The van der Waals surface area contributed by atoms with E-state index in [1.54, 1.807) is 12.1 Å². The molecule has 0 aliphatic carbocycles. The zero-order chi connectivity index (χ0) is 17.6. The van der Waals surface area contributed by atoms with Gasteiger partial charge in [-0.25, -0.2) is 0 Å². The molecule has 3 nitrogen and oxygen atoms in total. The summed E-state index contributed by atoms with van der Waals surface area (Å²) in [6, 6.07) is 15.9. The maximum atomic E-state index is 12.3. The first-order chi connectivity index (χ1) is 12.1. The molecule has 1 aliphatic heterocycles. The Morgan fingerprint density at radius 1 is 1.16 bits per heavy atom. The van der Waals surface area contributed by atoms with Crippen LogP contribution in [0.15, 0.2) is 53.0 Å². The predicted octanol–water partition coefficient (Wildman–Crippen LogP) is 4.74. The molecular formula is C20H22BrClN2O. The first-order valence-electron chi connectivity index (χ1n) is 8.61. The van der Waals surface area contributed by atoms with Crippen molar-refractivity contribution in [1.29, 1.82) is 0 Å². The summed E-state index contributed by atoms with van der Waals surface area (Å²) >= 11 is 9.50. The number of nitrogens with one attached hydrogen (secondary N) is 1. The number of benzene rings is 2. The fourth-order valence-electron chi connectivity index (χ4n) is 3.19. The fraction of sp³-hybridized carbons (Fsp3) is 0.350. The van der Waals surface area contributed by atoms with Gasteiger partial charge >= 0.3 is 0 Å². The fourth-order valence-corrected chi connectivity index (χ4v) is 3.76. The molecular weight excluding hydrogens is 400 g/mol. The highest BCUT2D eigenvalue weighted by atomic mass is 79.9. The maximum absolute atomic E-state index is 12.3. The third kappa shape index (κ3) is 5.30. The Bertz CT molecular complexity index is 715. The molecule has 1 amide bonds. The summed E-state index contributed by atoms with van der Waals surface area (Å²) in [5.41, 5.74) is 1.89. The van der Waals surface area contributed by atoms with E-state index in [0.717, 1.165) is 36.9 Å². The molecule has 132 valence electrons. The maximum Gasteiger partial charge on any atom is 0.252 e. The van der Waals surface area contributed by atoms with E-state index in [0.29, 0.717) is 23.0 Å². The van der Waals surface area contributed by atoms with Gasteiger partial charge in [0.15, 0.2) is 0 Å². The third-order valence-corrected chi connectivity index (χ3v) is 5.50. The third-order valence-electron chi connectivity index (χ3n) is 4.68. The lowest BCUT2D eigenvalue weighted by Gasteiger charge is -2.32. The normalized spacial score (nSPS) is 15.9. The van der Waals surface area contributed by atoms with Crippen LogP contribution in [-0.4, -0.2) is 30.4 Å². The molecule has 5 heteroatoms. The Kier molecular flexibility index (Phi) is 6.51. The van der Waals surface area contributed by atoms with Crippen molar-refractivity contribution in [2.75, 3.05) is 19.6 Å². The Morgan fingerprint density at radius 3 is 2.60 bits per heavy atom. The van der Waals surface area contributed by atoms with E-state index in [-0.39, 0.29) is 5.91 Å². The molecule has 0 radical (unpaired) electrons. The predicted molar refractivity (Wildman–Crippen MR) is 106 cm³/mol. The van der Waals surface area contributed by atoms with Crippen molar-refractivity contribution < 1.29 is 4.79 Å². The number of piperidine rings is 1. The van der Waals surface area contributed by atoms with E-state index in [1.807, 2.05) is 6.07 Å². The van der Waals surface area contributed by atoms with Crippen molar-refractivity contribution in [3.8, 4) is 0 Å². The minimum absolute atomic E-state index is 0.0991. The van der Waals surface area contributed by atoms with Crippen LogP contribution in [0.5, 0.6) is 0 Å². The van der Waals surface area contributed by atoms with Gasteiger partial charge in [-0.3, -0.25) is 9.69 Å². The average molecular weight is 422 g/mol. The van der Waals surface area contributed by atoms with E-state index in [2.05, 4.69) is 56.5 Å². The number of rotatable bonds is 5. The van der Waals surface area contributed by atoms with Crippen molar-refractivity contribution in [3.63, 3.8) is 0 Å². The topological polar surface area (TPSA) is 32.3 Å². The number of hydrogen-bond acceptors (Lipinski definition) is 2. The minimum atomic E-state index is -0.0991. The average Bonchev–Trinajstić information content (AvgIpc) is 2.64. The second-order valence-electron chi connectivity index (χ2n) is 6.54. The monoisotopic (exact) mass is 420 g/mol. The highest BCUT2D eigenvalue weighted by Gasteiger charge is 2.20. The molecule has 2 aromatic rings. The molecule has 3 rings (SSSR count). The summed E-state index contributed by atoms with van der Waals surface area (Å²) in [6.45, 7) is 3.87. The van der Waals surface area contributed by atoms with Crippen LogP contribution in [0, 0.1) is 5.92 Å². The number of nitrogens with zero attached hydrogens (tertiary/aromatic N) is 1. The quantitative estimate of drug-likeness (QED) is 0.756. The van der Waals surface area contributed by atoms with Gasteiger partial charge in [0.05, 0.1) is 10.6 Å². The first-order valence-corrected chi connectivity index (χ1v) is 9.78. The van der Waals surface area contributed by atoms with Gasteiger partial charge < -0.3 is 5.32 Å². The Hall–Kier alpha value is -1.36. The van der Waals surface area contributed by atoms with Gasteiger partial charge in [-0.15, -0.1) is 0 Å². The number of amides is 1. The lowest BCUT2D eigenvalue weighted by molar-refractivity contribution is 0.0935. The number of carbonyl (C=O) groups is 1. The van der Waals surface area contributed by atoms with Gasteiger partial charge in [-0.2, -0.15) is 0 Å². The van der Waals surface area contributed by atoms with E-state index < -0.39 is 0 Å². The summed E-state index contributed by atoms with van der Waals surface area (Å²) in [4.78, 5) is 14.8. The van der Waals surface area contributed by atoms with Crippen LogP contribution in [0.25, 0.3) is 0 Å². The molecule has 2 aromatic carbocycles. The number of likely N-dealkylation sites (tertiary alicyclic amines) is 1. The van der Waals surface area contributed by atoms with Crippen molar-refractivity contribution >= 4 is 33.4 Å². The molecule has 0 spiro atoms. The molecule has 0 bridgehead atoms. The second-order valence-corrected chi connectivity index (χ2v) is 7.86. The highest BCUT2D eigenvalue weighted by molar-refractivity contribution is 9.10. The van der Waals surface area contributed by atoms with Crippen molar-refractivity contribution in [3.05, 3.63) is 69.2 Å². The van der Waals surface area contributed by atoms with Crippen molar-refractivity contribution in [2.24, 2.45) is 5.92 Å². The summed E-state index contributed by atoms with van der Waals surface area (Å²) in [7, 11) is 0. The van der Waals surface area contributed by atoms with Gasteiger partial charge in [0, 0.05) is 17.6 Å². The van der Waals surface area contributed by atoms with Crippen molar-refractivity contribution in [2.45, 2.75) is 19.4 Å². The Morgan fingerprint density at radius 2 is 1.88 bits per heavy atom. The summed E-state index contributed by atoms with van der Waals surface area (Å²) in [5.74, 6) is 0.430. The number of halogens is 2. The van der Waals surface area contributed by atoms with Crippen LogP contribution >= 0.6 is 27.5 Å². The zero-order valence-corrected chi connectivity index (χ0v) is 16.4. The van der Waals surface area contributed by atoms with E-state index in [1.165, 1.54) is 5.56 Å². The van der Waals surface area contributed by atoms with Crippen LogP contribution in [-0.2, 0) is 6.54 Å². The minimum Gasteiger partial charge on any atom is -0.352 e. The molecule has 1 saturated heterocycles. The molecule has 1 fully saturated rings. The van der Waals surface area contributed by atoms with E-state index in [9.17, 15) is 4.79 Å². The summed E-state index contributed by atoms with van der Waals surface area (Å²) in [5, 5.41) is 3.52. The van der Waals surface area contributed by atoms with Crippen LogP contribution < -0.4 is 5.32 Å². The smallest absolute Gasteiger partial charge is 0.252 e. The molecule has 1 heterocycles. The number of carbonyl (C=O) groups excluding carboxylic acids is 1. The molecule has 25 heavy (non-hydrogen) atoms. The highest BCUT2D eigenvalue weighted by Crippen LogP contribution is 2.22. The van der Waals surface area contributed by atoms with Crippen LogP contribution in [0.1, 0.15) is 28.8 Å². The largest absolute Gasteiger partial charge is 0.352 e. The molecule has 0 atom stereocenters. The molecule has 1 N–H and O–H groups in total. The van der Waals surface area contributed by atoms with Crippen LogP contribution in [0.3, 0.4) is 0 Å². The Balaban J connectivity index is 1.45. The lowest BCUT2D eigenvalue weighted by atomic mass is 9.96. The van der Waals surface area contributed by atoms with Crippen LogP contribution in [0.2, 0.25) is 5.02 Å². The van der Waals surface area contributed by atoms with Crippen molar-refractivity contribution in [1.82, 2.24) is 10.2 Å². The van der Waals surface area contributed by atoms with E-state index >= 15 is 0 Å². The number of hydrogen-bond donors (Lipinski definition) is 1. The lowest BCUT2D eigenvalue weighted by Crippen LogP contribution is -2.38. The summed E-state index contributed by atoms with van der Waals surface area (Å²) < 4.78 is 0.858. The zero-order valence-electron chi connectivity index (χ0n) is 14.1. The van der Waals surface area contributed by atoms with E-state index in [4.69, 9.17) is 11.6 Å². The molecule has 0 aromatic heterocycles. The summed E-state index contributed by atoms with van der Waals surface area (Å²) in [6.07, 6.45) is 2.22. The van der Waals surface area contributed by atoms with Gasteiger partial charge in [-0.1, -0.05) is 57.9 Å². The molecule has 1 aliphatic rings. The van der Waals surface area contributed by atoms with Gasteiger partial charge in [0.2, 0.25) is 0 Å². The van der Waals surface area contributed by atoms with Gasteiger partial charge in [0.1, 0.15) is 0 Å². The first kappa shape index (κ1) is 18.4. The standard InChI is InChI=1S/C20H22BrClN2O/c21-17-6-7-19(22)18(12-17)20(25)23-13-15-8-10-24(11-9-15)14-16-4-2-1-3-5-16/h1-7,12,15H,8-11,13-14H2,(H,23,25). The second kappa shape index (κ2) is 8.84.